The number of nitrogens with zero attached hydrogens (tertiary/aromatic N) is 3. The zero-order chi connectivity index (χ0) is 12.8. The third kappa shape index (κ3) is 3.20. The van der Waals surface area contributed by atoms with Crippen molar-refractivity contribution < 1.29 is 4.79 Å². The third-order valence-electron chi connectivity index (χ3n) is 3.00. The van der Waals surface area contributed by atoms with Gasteiger partial charge in [0.15, 0.2) is 0 Å². The fraction of sp³-hybridized carbons (Fsp3) is 0.462. The predicted molar refractivity (Wildman–Crippen MR) is 67.9 cm³/mol. The Morgan fingerprint density at radius 3 is 3.00 bits per heavy atom. The molecule has 2 rings (SSSR count). The van der Waals surface area contributed by atoms with E-state index >= 15 is 0 Å². The minimum atomic E-state index is 0.203. The van der Waals surface area contributed by atoms with Gasteiger partial charge in [0.1, 0.15) is 11.8 Å². The van der Waals surface area contributed by atoms with E-state index in [9.17, 15) is 4.79 Å². The highest BCUT2D eigenvalue weighted by molar-refractivity contribution is 5.77. The first-order valence-electron chi connectivity index (χ1n) is 6.17. The topological polar surface area (TPSA) is 69.0 Å². The van der Waals surface area contributed by atoms with Gasteiger partial charge in [-0.2, -0.15) is 5.26 Å². The molecule has 0 aromatic carbocycles. The van der Waals surface area contributed by atoms with Crippen molar-refractivity contribution in [1.29, 1.82) is 5.26 Å². The average molecular weight is 244 g/mol. The Balaban J connectivity index is 1.77. The maximum Gasteiger partial charge on any atom is 0.224 e. The summed E-state index contributed by atoms with van der Waals surface area (Å²) in [5.74, 6) is 0.203. The molecule has 1 amide bonds. The van der Waals surface area contributed by atoms with Gasteiger partial charge in [-0.25, -0.2) is 4.98 Å². The van der Waals surface area contributed by atoms with Crippen molar-refractivity contribution >= 4 is 11.6 Å². The summed E-state index contributed by atoms with van der Waals surface area (Å²) in [5.41, 5.74) is 1.21. The number of pyridine rings is 1. The molecule has 0 unspecified atom stereocenters. The summed E-state index contributed by atoms with van der Waals surface area (Å²) in [7, 11) is 0. The molecule has 18 heavy (non-hydrogen) atoms. The van der Waals surface area contributed by atoms with Crippen LogP contribution in [0, 0.1) is 11.3 Å². The van der Waals surface area contributed by atoms with Crippen molar-refractivity contribution in [3.05, 3.63) is 24.0 Å². The monoisotopic (exact) mass is 244 g/mol. The van der Waals surface area contributed by atoms with Crippen LogP contribution in [-0.4, -0.2) is 35.4 Å². The van der Waals surface area contributed by atoms with Crippen LogP contribution in [-0.2, 0) is 4.79 Å². The number of likely N-dealkylation sites (tertiary alicyclic amines) is 1. The second-order valence-corrected chi connectivity index (χ2v) is 4.31. The Bertz CT molecular complexity index is 460. The lowest BCUT2D eigenvalue weighted by atomic mass is 10.3. The van der Waals surface area contributed by atoms with E-state index in [1.165, 1.54) is 0 Å². The number of nitriles is 1. The molecule has 1 fully saturated rings. The van der Waals surface area contributed by atoms with Crippen LogP contribution < -0.4 is 5.32 Å². The van der Waals surface area contributed by atoms with Gasteiger partial charge in [-0.1, -0.05) is 0 Å². The molecule has 0 saturated carbocycles. The molecule has 0 bridgehead atoms. The molecule has 0 radical (unpaired) electrons. The van der Waals surface area contributed by atoms with E-state index in [1.807, 2.05) is 11.0 Å². The zero-order valence-electron chi connectivity index (χ0n) is 10.2. The number of aromatic nitrogens is 1. The first-order valence-corrected chi connectivity index (χ1v) is 6.17. The summed E-state index contributed by atoms with van der Waals surface area (Å²) in [5, 5.41) is 11.9. The van der Waals surface area contributed by atoms with Crippen LogP contribution in [0.3, 0.4) is 0 Å². The molecule has 94 valence electrons. The number of carbonyl (C=O) groups is 1. The lowest BCUT2D eigenvalue weighted by Gasteiger charge is -2.15. The number of hydrogen-bond acceptors (Lipinski definition) is 4. The molecule has 1 aliphatic heterocycles. The summed E-state index contributed by atoms with van der Waals surface area (Å²) in [4.78, 5) is 17.6. The quantitative estimate of drug-likeness (QED) is 0.868. The predicted octanol–water partition coefficient (Wildman–Crippen LogP) is 1.38. The van der Waals surface area contributed by atoms with Crippen LogP contribution >= 0.6 is 0 Å². The summed E-state index contributed by atoms with van der Waals surface area (Å²) in [6.45, 7) is 2.38. The van der Waals surface area contributed by atoms with Crippen molar-refractivity contribution in [2.45, 2.75) is 19.3 Å². The zero-order valence-corrected chi connectivity index (χ0v) is 10.2. The van der Waals surface area contributed by atoms with Crippen LogP contribution in [0.4, 0.5) is 5.69 Å². The molecule has 1 aromatic heterocycles. The number of anilines is 1. The van der Waals surface area contributed by atoms with E-state index in [1.54, 1.807) is 18.3 Å². The average Bonchev–Trinajstić information content (AvgIpc) is 2.93. The number of nitrogens with one attached hydrogen (secondary N) is 1. The Kier molecular flexibility index (Phi) is 4.13. The van der Waals surface area contributed by atoms with Gasteiger partial charge in [-0.15, -0.1) is 0 Å². The van der Waals surface area contributed by atoms with Crippen LogP contribution in [0.2, 0.25) is 0 Å². The Morgan fingerprint density at radius 1 is 1.50 bits per heavy atom. The van der Waals surface area contributed by atoms with Gasteiger partial charge in [0.25, 0.3) is 0 Å². The van der Waals surface area contributed by atoms with Crippen molar-refractivity contribution in [2.24, 2.45) is 0 Å². The van der Waals surface area contributed by atoms with E-state index in [4.69, 9.17) is 5.26 Å². The third-order valence-corrected chi connectivity index (χ3v) is 3.00. The molecule has 0 spiro atoms. The number of carbonyl (C=O) groups excluding carboxylic acids is 1. The molecule has 0 aliphatic carbocycles. The van der Waals surface area contributed by atoms with Gasteiger partial charge in [0.2, 0.25) is 5.91 Å². The van der Waals surface area contributed by atoms with Gasteiger partial charge < -0.3 is 10.2 Å². The lowest BCUT2D eigenvalue weighted by molar-refractivity contribution is -0.129. The second-order valence-electron chi connectivity index (χ2n) is 4.31. The van der Waals surface area contributed by atoms with Gasteiger partial charge >= 0.3 is 0 Å². The highest BCUT2D eigenvalue weighted by Gasteiger charge is 2.16. The van der Waals surface area contributed by atoms with E-state index in [0.29, 0.717) is 18.7 Å². The number of rotatable bonds is 4. The molecule has 0 atom stereocenters. The first-order chi connectivity index (χ1) is 8.79. The maximum atomic E-state index is 11.8. The van der Waals surface area contributed by atoms with Crippen LogP contribution in [0.25, 0.3) is 0 Å². The van der Waals surface area contributed by atoms with Crippen molar-refractivity contribution in [2.75, 3.05) is 25.0 Å². The van der Waals surface area contributed by atoms with Crippen LogP contribution in [0.5, 0.6) is 0 Å². The molecule has 1 aromatic rings. The van der Waals surface area contributed by atoms with Gasteiger partial charge in [0.05, 0.1) is 0 Å². The summed E-state index contributed by atoms with van der Waals surface area (Å²) < 4.78 is 0. The lowest BCUT2D eigenvalue weighted by Crippen LogP contribution is -2.29. The Morgan fingerprint density at radius 2 is 2.28 bits per heavy atom. The van der Waals surface area contributed by atoms with Crippen LogP contribution in [0.1, 0.15) is 25.0 Å². The Labute approximate surface area is 106 Å². The Hall–Kier alpha value is -2.09. The molecule has 5 nitrogen and oxygen atoms in total. The van der Waals surface area contributed by atoms with Crippen LogP contribution in [0.15, 0.2) is 18.3 Å². The van der Waals surface area contributed by atoms with Gasteiger partial charge in [0, 0.05) is 37.9 Å². The molecular formula is C13H16N4O. The summed E-state index contributed by atoms with van der Waals surface area (Å²) >= 11 is 0. The standard InChI is InChI=1S/C13H16N4O/c14-10-12-9-11(3-5-16-12)15-6-4-13(18)17-7-1-2-8-17/h3,5,9H,1-2,4,6-8H2,(H,15,16). The smallest absolute Gasteiger partial charge is 0.224 e. The SMILES string of the molecule is N#Cc1cc(NCCC(=O)N2CCCC2)ccn1. The minimum absolute atomic E-state index is 0.203. The normalized spacial score (nSPS) is 14.3. The second kappa shape index (κ2) is 6.01. The molecule has 2 heterocycles. The highest BCUT2D eigenvalue weighted by atomic mass is 16.2. The van der Waals surface area contributed by atoms with Gasteiger partial charge in [-0.3, -0.25) is 4.79 Å². The van der Waals surface area contributed by atoms with Gasteiger partial charge in [-0.05, 0) is 25.0 Å². The molecule has 5 heteroatoms. The highest BCUT2D eigenvalue weighted by Crippen LogP contribution is 2.10. The van der Waals surface area contributed by atoms with Crippen molar-refractivity contribution in [3.63, 3.8) is 0 Å². The number of hydrogen-bond donors (Lipinski definition) is 1. The molecule has 1 saturated heterocycles. The van der Waals surface area contributed by atoms with E-state index < -0.39 is 0 Å². The van der Waals surface area contributed by atoms with Crippen molar-refractivity contribution in [1.82, 2.24) is 9.88 Å². The molecule has 1 aliphatic rings. The first kappa shape index (κ1) is 12.4. The molecule has 1 N–H and O–H groups in total. The van der Waals surface area contributed by atoms with Crippen molar-refractivity contribution in [3.8, 4) is 6.07 Å². The summed E-state index contributed by atoms with van der Waals surface area (Å²) in [6.07, 6.45) is 4.32. The largest absolute Gasteiger partial charge is 0.384 e. The summed E-state index contributed by atoms with van der Waals surface area (Å²) in [6, 6.07) is 5.46. The van der Waals surface area contributed by atoms with E-state index in [2.05, 4.69) is 10.3 Å². The molecular weight excluding hydrogens is 228 g/mol. The number of amides is 1. The maximum absolute atomic E-state index is 11.8. The fourth-order valence-electron chi connectivity index (χ4n) is 2.04. The van der Waals surface area contributed by atoms with E-state index in [-0.39, 0.29) is 5.91 Å². The van der Waals surface area contributed by atoms with E-state index in [0.717, 1.165) is 31.6 Å². The minimum Gasteiger partial charge on any atom is -0.384 e. The fourth-order valence-corrected chi connectivity index (χ4v) is 2.04.